The van der Waals surface area contributed by atoms with Crippen LogP contribution in [0.5, 0.6) is 0 Å². The van der Waals surface area contributed by atoms with E-state index >= 15 is 0 Å². The van der Waals surface area contributed by atoms with Gasteiger partial charge in [0.05, 0.1) is 22.6 Å². The third kappa shape index (κ3) is 2.42. The van der Waals surface area contributed by atoms with Gasteiger partial charge < -0.3 is 5.32 Å². The molecular formula is C16H13N3O4. The molecule has 116 valence electrons. The molecule has 2 aromatic carbocycles. The summed E-state index contributed by atoms with van der Waals surface area (Å²) in [6, 6.07) is 10.9. The van der Waals surface area contributed by atoms with Crippen molar-refractivity contribution in [1.82, 2.24) is 4.90 Å². The van der Waals surface area contributed by atoms with E-state index in [-0.39, 0.29) is 24.0 Å². The second-order valence-corrected chi connectivity index (χ2v) is 5.09. The van der Waals surface area contributed by atoms with Gasteiger partial charge in [-0.25, -0.2) is 0 Å². The Morgan fingerprint density at radius 1 is 1.09 bits per heavy atom. The van der Waals surface area contributed by atoms with Crippen LogP contribution in [0.3, 0.4) is 0 Å². The third-order valence-corrected chi connectivity index (χ3v) is 3.78. The summed E-state index contributed by atoms with van der Waals surface area (Å²) in [5, 5.41) is 13.8. The van der Waals surface area contributed by atoms with Gasteiger partial charge in [-0.3, -0.25) is 24.6 Å². The highest BCUT2D eigenvalue weighted by Crippen LogP contribution is 2.28. The first-order valence-electron chi connectivity index (χ1n) is 6.93. The number of imide groups is 1. The number of hydrogen-bond donors (Lipinski definition) is 1. The van der Waals surface area contributed by atoms with Crippen LogP contribution in [0.15, 0.2) is 42.5 Å². The number of non-ortho nitro benzene ring substituents is 1. The molecule has 0 spiro atoms. The van der Waals surface area contributed by atoms with Crippen LogP contribution in [-0.4, -0.2) is 28.7 Å². The number of carbonyl (C=O) groups excluding carboxylic acids is 2. The lowest BCUT2D eigenvalue weighted by molar-refractivity contribution is -0.384. The highest BCUT2D eigenvalue weighted by Gasteiger charge is 2.35. The Labute approximate surface area is 131 Å². The normalized spacial score (nSPS) is 13.2. The maximum atomic E-state index is 12.4. The molecule has 0 saturated heterocycles. The minimum absolute atomic E-state index is 0.0236. The number of nitro groups is 1. The van der Waals surface area contributed by atoms with Crippen molar-refractivity contribution in [3.05, 3.63) is 69.3 Å². The molecule has 1 aliphatic rings. The van der Waals surface area contributed by atoms with E-state index in [0.717, 1.165) is 4.90 Å². The zero-order valence-electron chi connectivity index (χ0n) is 12.3. The van der Waals surface area contributed by atoms with Gasteiger partial charge in [0.1, 0.15) is 0 Å². The lowest BCUT2D eigenvalue weighted by Gasteiger charge is -2.16. The fourth-order valence-electron chi connectivity index (χ4n) is 2.62. The van der Waals surface area contributed by atoms with Crippen LogP contribution in [0.1, 0.15) is 26.3 Å². The molecule has 0 aromatic heterocycles. The first-order chi connectivity index (χ1) is 11.0. The number of amides is 2. The van der Waals surface area contributed by atoms with Crippen LogP contribution >= 0.6 is 0 Å². The van der Waals surface area contributed by atoms with Gasteiger partial charge in [0, 0.05) is 30.4 Å². The third-order valence-electron chi connectivity index (χ3n) is 3.78. The standard InChI is InChI=1S/C16H13N3O4/c1-17-14-7-6-11(19(22)23)8-10(14)9-18-15(20)12-4-2-3-5-13(12)16(18)21/h2-8,17H,9H2,1H3. The average molecular weight is 311 g/mol. The first-order valence-corrected chi connectivity index (χ1v) is 6.93. The summed E-state index contributed by atoms with van der Waals surface area (Å²) in [7, 11) is 1.67. The maximum absolute atomic E-state index is 12.4. The van der Waals surface area contributed by atoms with E-state index in [1.165, 1.54) is 12.1 Å². The van der Waals surface area contributed by atoms with Crippen molar-refractivity contribution in [2.45, 2.75) is 6.54 Å². The fraction of sp³-hybridized carbons (Fsp3) is 0.125. The van der Waals surface area contributed by atoms with E-state index in [2.05, 4.69) is 5.32 Å². The van der Waals surface area contributed by atoms with Crippen molar-refractivity contribution >= 4 is 23.2 Å². The van der Waals surface area contributed by atoms with E-state index in [4.69, 9.17) is 0 Å². The highest BCUT2D eigenvalue weighted by atomic mass is 16.6. The molecule has 7 nitrogen and oxygen atoms in total. The Hall–Kier alpha value is -3.22. The van der Waals surface area contributed by atoms with Crippen molar-refractivity contribution in [3.8, 4) is 0 Å². The summed E-state index contributed by atoms with van der Waals surface area (Å²) in [6.07, 6.45) is 0. The van der Waals surface area contributed by atoms with E-state index < -0.39 is 4.92 Å². The van der Waals surface area contributed by atoms with Crippen LogP contribution in [0.25, 0.3) is 0 Å². The Bertz CT molecular complexity index is 797. The molecule has 2 aromatic rings. The zero-order valence-corrected chi connectivity index (χ0v) is 12.3. The summed E-state index contributed by atoms with van der Waals surface area (Å²) in [6.45, 7) is -0.0236. The van der Waals surface area contributed by atoms with Crippen molar-refractivity contribution < 1.29 is 14.5 Å². The number of nitro benzene ring substituents is 1. The number of benzene rings is 2. The predicted octanol–water partition coefficient (Wildman–Crippen LogP) is 2.43. The van der Waals surface area contributed by atoms with Gasteiger partial charge in [0.2, 0.25) is 0 Å². The van der Waals surface area contributed by atoms with E-state index in [1.54, 1.807) is 37.4 Å². The quantitative estimate of drug-likeness (QED) is 0.532. The largest absolute Gasteiger partial charge is 0.388 e. The molecule has 1 heterocycles. The van der Waals surface area contributed by atoms with Crippen LogP contribution in [0.4, 0.5) is 11.4 Å². The minimum Gasteiger partial charge on any atom is -0.388 e. The lowest BCUT2D eigenvalue weighted by Crippen LogP contribution is -2.29. The lowest BCUT2D eigenvalue weighted by atomic mass is 10.1. The second-order valence-electron chi connectivity index (χ2n) is 5.09. The zero-order chi connectivity index (χ0) is 16.6. The van der Waals surface area contributed by atoms with Crippen molar-refractivity contribution in [1.29, 1.82) is 0 Å². The van der Waals surface area contributed by atoms with Crippen molar-refractivity contribution in [2.24, 2.45) is 0 Å². The van der Waals surface area contributed by atoms with Gasteiger partial charge in [0.15, 0.2) is 0 Å². The summed E-state index contributed by atoms with van der Waals surface area (Å²) < 4.78 is 0. The SMILES string of the molecule is CNc1ccc([N+](=O)[O-])cc1CN1C(=O)c2ccccc2C1=O. The number of fused-ring (bicyclic) bond motifs is 1. The topological polar surface area (TPSA) is 92.6 Å². The van der Waals surface area contributed by atoms with Gasteiger partial charge >= 0.3 is 0 Å². The molecule has 0 unspecified atom stereocenters. The van der Waals surface area contributed by atoms with Gasteiger partial charge in [-0.15, -0.1) is 0 Å². The number of hydrogen-bond acceptors (Lipinski definition) is 5. The molecule has 1 N–H and O–H groups in total. The first kappa shape index (κ1) is 14.7. The second kappa shape index (κ2) is 5.53. The van der Waals surface area contributed by atoms with Crippen LogP contribution in [0, 0.1) is 10.1 Å². The molecule has 7 heteroatoms. The molecule has 3 rings (SSSR count). The van der Waals surface area contributed by atoms with Crippen LogP contribution < -0.4 is 5.32 Å². The summed E-state index contributed by atoms with van der Waals surface area (Å²) in [5.41, 5.74) is 1.77. The molecule has 0 aliphatic carbocycles. The van der Waals surface area contributed by atoms with E-state index in [0.29, 0.717) is 22.4 Å². The smallest absolute Gasteiger partial charge is 0.269 e. The summed E-state index contributed by atoms with van der Waals surface area (Å²) in [4.78, 5) is 36.3. The van der Waals surface area contributed by atoms with Gasteiger partial charge in [-0.2, -0.15) is 0 Å². The summed E-state index contributed by atoms with van der Waals surface area (Å²) >= 11 is 0. The molecule has 23 heavy (non-hydrogen) atoms. The Morgan fingerprint density at radius 3 is 2.22 bits per heavy atom. The minimum atomic E-state index is -0.509. The Balaban J connectivity index is 1.97. The fourth-order valence-corrected chi connectivity index (χ4v) is 2.62. The molecule has 0 atom stereocenters. The highest BCUT2D eigenvalue weighted by molar-refractivity contribution is 6.21. The molecule has 0 radical (unpaired) electrons. The van der Waals surface area contributed by atoms with Crippen LogP contribution in [-0.2, 0) is 6.54 Å². The van der Waals surface area contributed by atoms with E-state index in [9.17, 15) is 19.7 Å². The summed E-state index contributed by atoms with van der Waals surface area (Å²) in [5.74, 6) is -0.779. The average Bonchev–Trinajstić information content (AvgIpc) is 2.80. The molecule has 1 aliphatic heterocycles. The Morgan fingerprint density at radius 2 is 1.70 bits per heavy atom. The van der Waals surface area contributed by atoms with Gasteiger partial charge in [-0.05, 0) is 18.2 Å². The molecule has 2 amide bonds. The number of nitrogens with one attached hydrogen (secondary N) is 1. The van der Waals surface area contributed by atoms with E-state index in [1.807, 2.05) is 0 Å². The molecular weight excluding hydrogens is 298 g/mol. The number of nitrogens with zero attached hydrogens (tertiary/aromatic N) is 2. The van der Waals surface area contributed by atoms with Crippen LogP contribution in [0.2, 0.25) is 0 Å². The monoisotopic (exact) mass is 311 g/mol. The number of rotatable bonds is 4. The Kier molecular flexibility index (Phi) is 3.53. The van der Waals surface area contributed by atoms with Crippen molar-refractivity contribution in [2.75, 3.05) is 12.4 Å². The molecule has 0 saturated carbocycles. The molecule has 0 fully saturated rings. The predicted molar refractivity (Wildman–Crippen MR) is 83.3 cm³/mol. The van der Waals surface area contributed by atoms with Gasteiger partial charge in [-0.1, -0.05) is 12.1 Å². The molecule has 0 bridgehead atoms. The van der Waals surface area contributed by atoms with Gasteiger partial charge in [0.25, 0.3) is 17.5 Å². The number of carbonyl (C=O) groups is 2. The van der Waals surface area contributed by atoms with Crippen molar-refractivity contribution in [3.63, 3.8) is 0 Å². The maximum Gasteiger partial charge on any atom is 0.269 e. The number of anilines is 1.